The number of hydrogen-bond acceptors (Lipinski definition) is 2. The van der Waals surface area contributed by atoms with E-state index in [0.29, 0.717) is 16.2 Å². The lowest BCUT2D eigenvalue weighted by atomic mass is 10.2. The van der Waals surface area contributed by atoms with Crippen LogP contribution in [0.3, 0.4) is 0 Å². The van der Waals surface area contributed by atoms with Crippen molar-refractivity contribution in [1.29, 1.82) is 0 Å². The Morgan fingerprint density at radius 1 is 1.00 bits per heavy atom. The van der Waals surface area contributed by atoms with Crippen LogP contribution in [-0.4, -0.2) is 14.8 Å². The van der Waals surface area contributed by atoms with Gasteiger partial charge in [0.25, 0.3) is 0 Å². The maximum atomic E-state index is 13.9. The first-order valence-corrected chi connectivity index (χ1v) is 6.16. The van der Waals surface area contributed by atoms with Crippen molar-refractivity contribution >= 4 is 12.2 Å². The predicted molar refractivity (Wildman–Crippen MR) is 74.1 cm³/mol. The fourth-order valence-corrected chi connectivity index (χ4v) is 2.17. The minimum Gasteiger partial charge on any atom is -0.268 e. The average Bonchev–Trinajstić information content (AvgIpc) is 2.82. The predicted octanol–water partition coefficient (Wildman–Crippen LogP) is 3.74. The van der Waals surface area contributed by atoms with Crippen LogP contribution in [0, 0.1) is 10.6 Å². The monoisotopic (exact) mass is 271 g/mol. The molecule has 0 radical (unpaired) electrons. The Labute approximate surface area is 114 Å². The van der Waals surface area contributed by atoms with Gasteiger partial charge in [0.2, 0.25) is 0 Å². The van der Waals surface area contributed by atoms with Crippen molar-refractivity contribution in [3.8, 4) is 17.1 Å². The molecular formula is C14H10FN3S. The van der Waals surface area contributed by atoms with Crippen LogP contribution in [0.2, 0.25) is 0 Å². The van der Waals surface area contributed by atoms with Gasteiger partial charge in [-0.15, -0.1) is 0 Å². The molecule has 0 spiro atoms. The van der Waals surface area contributed by atoms with Gasteiger partial charge >= 0.3 is 0 Å². The molecule has 5 heteroatoms. The third-order valence-corrected chi connectivity index (χ3v) is 3.08. The molecule has 0 amide bonds. The number of benzene rings is 2. The molecular weight excluding hydrogens is 261 g/mol. The molecule has 0 saturated carbocycles. The second-order valence-corrected chi connectivity index (χ2v) is 4.39. The van der Waals surface area contributed by atoms with E-state index in [1.807, 2.05) is 30.3 Å². The summed E-state index contributed by atoms with van der Waals surface area (Å²) < 4.78 is 16.0. The molecule has 3 nitrogen and oxygen atoms in total. The fraction of sp³-hybridized carbons (Fsp3) is 0. The molecule has 19 heavy (non-hydrogen) atoms. The maximum absolute atomic E-state index is 13.9. The molecule has 0 bridgehead atoms. The number of aromatic amines is 1. The second kappa shape index (κ2) is 4.78. The van der Waals surface area contributed by atoms with Crippen LogP contribution in [-0.2, 0) is 0 Å². The lowest BCUT2D eigenvalue weighted by Crippen LogP contribution is -1.98. The molecule has 1 heterocycles. The van der Waals surface area contributed by atoms with Crippen molar-refractivity contribution in [1.82, 2.24) is 14.8 Å². The number of nitrogens with one attached hydrogen (secondary N) is 1. The van der Waals surface area contributed by atoms with Crippen LogP contribution < -0.4 is 0 Å². The number of halogens is 1. The van der Waals surface area contributed by atoms with Gasteiger partial charge in [-0.2, -0.15) is 5.10 Å². The average molecular weight is 271 g/mol. The molecule has 94 valence electrons. The number of H-pyrrole nitrogens is 1. The van der Waals surface area contributed by atoms with E-state index in [4.69, 9.17) is 12.2 Å². The van der Waals surface area contributed by atoms with Gasteiger partial charge in [0.15, 0.2) is 10.6 Å². The molecule has 0 fully saturated rings. The van der Waals surface area contributed by atoms with Crippen molar-refractivity contribution in [3.63, 3.8) is 0 Å². The third-order valence-electron chi connectivity index (χ3n) is 2.80. The van der Waals surface area contributed by atoms with Gasteiger partial charge in [0.1, 0.15) is 5.82 Å². The van der Waals surface area contributed by atoms with Gasteiger partial charge in [-0.05, 0) is 36.5 Å². The number of hydrogen-bond donors (Lipinski definition) is 1. The van der Waals surface area contributed by atoms with E-state index in [9.17, 15) is 4.39 Å². The fourth-order valence-electron chi connectivity index (χ4n) is 1.94. The van der Waals surface area contributed by atoms with E-state index in [1.165, 1.54) is 6.07 Å². The minimum atomic E-state index is -0.325. The lowest BCUT2D eigenvalue weighted by molar-refractivity contribution is 0.629. The Morgan fingerprint density at radius 2 is 1.68 bits per heavy atom. The van der Waals surface area contributed by atoms with Crippen molar-refractivity contribution in [2.24, 2.45) is 0 Å². The van der Waals surface area contributed by atoms with E-state index >= 15 is 0 Å². The summed E-state index contributed by atoms with van der Waals surface area (Å²) in [5.41, 5.74) is 1.26. The molecule has 1 N–H and O–H groups in total. The Kier molecular flexibility index (Phi) is 2.97. The summed E-state index contributed by atoms with van der Waals surface area (Å²) in [7, 11) is 0. The molecule has 0 unspecified atom stereocenters. The Balaban J connectivity index is 2.26. The van der Waals surface area contributed by atoms with Gasteiger partial charge < -0.3 is 0 Å². The van der Waals surface area contributed by atoms with E-state index < -0.39 is 0 Å². The van der Waals surface area contributed by atoms with Crippen LogP contribution in [0.4, 0.5) is 4.39 Å². The topological polar surface area (TPSA) is 33.6 Å². The second-order valence-electron chi connectivity index (χ2n) is 4.00. The van der Waals surface area contributed by atoms with Gasteiger partial charge in [-0.25, -0.2) is 4.39 Å². The zero-order chi connectivity index (χ0) is 13.2. The molecule has 0 saturated heterocycles. The Hall–Kier alpha value is -2.27. The van der Waals surface area contributed by atoms with Crippen LogP contribution >= 0.6 is 12.2 Å². The maximum Gasteiger partial charge on any atom is 0.200 e. The lowest BCUT2D eigenvalue weighted by Gasteiger charge is -2.07. The standard InChI is InChI=1S/C14H10FN3S/c15-12-9-5-4-8-11(12)13-16-17-14(19)18(13)10-6-2-1-3-7-10/h1-9H,(H,17,19). The van der Waals surface area contributed by atoms with Crippen molar-refractivity contribution in [3.05, 3.63) is 65.2 Å². The van der Waals surface area contributed by atoms with E-state index in [0.717, 1.165) is 5.69 Å². The zero-order valence-electron chi connectivity index (χ0n) is 9.88. The van der Waals surface area contributed by atoms with Crippen molar-refractivity contribution < 1.29 is 4.39 Å². The van der Waals surface area contributed by atoms with Gasteiger partial charge in [0.05, 0.1) is 5.56 Å². The van der Waals surface area contributed by atoms with Crippen LogP contribution in [0.25, 0.3) is 17.1 Å². The quantitative estimate of drug-likeness (QED) is 0.720. The first-order chi connectivity index (χ1) is 9.27. The molecule has 0 aliphatic heterocycles. The summed E-state index contributed by atoms with van der Waals surface area (Å²) in [4.78, 5) is 0. The first-order valence-electron chi connectivity index (χ1n) is 5.75. The smallest absolute Gasteiger partial charge is 0.200 e. The van der Waals surface area contributed by atoms with Gasteiger partial charge in [-0.3, -0.25) is 9.67 Å². The Bertz CT molecular complexity index is 762. The SMILES string of the molecule is Fc1ccccc1-c1n[nH]c(=S)n1-c1ccccc1. The molecule has 3 rings (SSSR count). The minimum absolute atomic E-state index is 0.325. The van der Waals surface area contributed by atoms with Crippen LogP contribution in [0.5, 0.6) is 0 Å². The Morgan fingerprint density at radius 3 is 2.42 bits per heavy atom. The molecule has 0 atom stereocenters. The number of para-hydroxylation sites is 1. The number of nitrogens with zero attached hydrogens (tertiary/aromatic N) is 2. The van der Waals surface area contributed by atoms with Gasteiger partial charge in [0, 0.05) is 5.69 Å². The summed E-state index contributed by atoms with van der Waals surface area (Å²) in [5, 5.41) is 6.84. The molecule has 1 aromatic heterocycles. The zero-order valence-corrected chi connectivity index (χ0v) is 10.7. The highest BCUT2D eigenvalue weighted by atomic mass is 32.1. The molecule has 0 aliphatic rings. The highest BCUT2D eigenvalue weighted by Gasteiger charge is 2.13. The van der Waals surface area contributed by atoms with Crippen LogP contribution in [0.15, 0.2) is 54.6 Å². The van der Waals surface area contributed by atoms with E-state index in [2.05, 4.69) is 10.2 Å². The van der Waals surface area contributed by atoms with Crippen molar-refractivity contribution in [2.75, 3.05) is 0 Å². The normalized spacial score (nSPS) is 10.6. The summed E-state index contributed by atoms with van der Waals surface area (Å²) in [6.45, 7) is 0. The molecule has 3 aromatic rings. The molecule has 0 aliphatic carbocycles. The summed E-state index contributed by atoms with van der Waals surface area (Å²) in [5.74, 6) is 0.142. The van der Waals surface area contributed by atoms with Crippen LogP contribution in [0.1, 0.15) is 0 Å². The number of aromatic nitrogens is 3. The third kappa shape index (κ3) is 2.08. The summed E-state index contributed by atoms with van der Waals surface area (Å²) in [6, 6.07) is 16.0. The van der Waals surface area contributed by atoms with E-state index in [-0.39, 0.29) is 5.82 Å². The van der Waals surface area contributed by atoms with Gasteiger partial charge in [-0.1, -0.05) is 30.3 Å². The first kappa shape index (κ1) is 11.8. The molecule has 2 aromatic carbocycles. The highest BCUT2D eigenvalue weighted by molar-refractivity contribution is 7.71. The number of rotatable bonds is 2. The summed E-state index contributed by atoms with van der Waals surface area (Å²) >= 11 is 5.22. The summed E-state index contributed by atoms with van der Waals surface area (Å²) in [6.07, 6.45) is 0. The highest BCUT2D eigenvalue weighted by Crippen LogP contribution is 2.23. The largest absolute Gasteiger partial charge is 0.268 e. The van der Waals surface area contributed by atoms with Crippen molar-refractivity contribution in [2.45, 2.75) is 0 Å². The van der Waals surface area contributed by atoms with E-state index in [1.54, 1.807) is 22.8 Å².